The van der Waals surface area contributed by atoms with Crippen LogP contribution in [-0.2, 0) is 11.8 Å². The van der Waals surface area contributed by atoms with Gasteiger partial charge >= 0.3 is 0 Å². The number of rotatable bonds is 6. The summed E-state index contributed by atoms with van der Waals surface area (Å²) in [6, 6.07) is 5.64. The Morgan fingerprint density at radius 3 is 2.64 bits per heavy atom. The molecule has 1 heterocycles. The van der Waals surface area contributed by atoms with E-state index in [1.54, 1.807) is 17.9 Å². The molecular formula is C15H19FN4O2. The normalized spacial score (nSPS) is 13.6. The molecule has 0 radical (unpaired) electrons. The summed E-state index contributed by atoms with van der Waals surface area (Å²) in [5.74, 6) is -1.26. The molecule has 0 spiro atoms. The number of nitrogens with two attached hydrogens (primary N) is 1. The second-order valence-electron chi connectivity index (χ2n) is 5.05. The summed E-state index contributed by atoms with van der Waals surface area (Å²) in [5, 5.41) is 16.6. The fraction of sp³-hybridized carbons (Fsp3) is 0.333. The number of aromatic nitrogens is 2. The molecule has 6 nitrogen and oxygen atoms in total. The first kappa shape index (κ1) is 16.1. The molecule has 0 saturated heterocycles. The van der Waals surface area contributed by atoms with Gasteiger partial charge in [-0.1, -0.05) is 12.1 Å². The minimum Gasteiger partial charge on any atom is -0.386 e. The number of carbonyl (C=O) groups is 1. The molecule has 7 heteroatoms. The van der Waals surface area contributed by atoms with Gasteiger partial charge in [-0.2, -0.15) is 5.10 Å². The van der Waals surface area contributed by atoms with Crippen LogP contribution in [0.2, 0.25) is 0 Å². The fourth-order valence-corrected chi connectivity index (χ4v) is 2.14. The molecule has 0 aliphatic rings. The third-order valence-corrected chi connectivity index (χ3v) is 3.40. The van der Waals surface area contributed by atoms with Gasteiger partial charge in [-0.15, -0.1) is 0 Å². The Balaban J connectivity index is 1.96. The Hall–Kier alpha value is -2.25. The lowest BCUT2D eigenvalue weighted by molar-refractivity contribution is -0.122. The summed E-state index contributed by atoms with van der Waals surface area (Å²) < 4.78 is 14.5. The quantitative estimate of drug-likeness (QED) is 0.722. The zero-order chi connectivity index (χ0) is 16.1. The van der Waals surface area contributed by atoms with Crippen LogP contribution in [-0.4, -0.2) is 33.9 Å². The highest BCUT2D eigenvalue weighted by Gasteiger charge is 2.20. The van der Waals surface area contributed by atoms with Crippen LogP contribution in [0.5, 0.6) is 0 Å². The van der Waals surface area contributed by atoms with Gasteiger partial charge in [-0.05, 0) is 17.7 Å². The molecule has 0 saturated carbocycles. The average molecular weight is 306 g/mol. The third-order valence-electron chi connectivity index (χ3n) is 3.40. The lowest BCUT2D eigenvalue weighted by Crippen LogP contribution is -2.35. The number of amides is 1. The third kappa shape index (κ3) is 3.90. The van der Waals surface area contributed by atoms with Crippen LogP contribution < -0.4 is 11.1 Å². The van der Waals surface area contributed by atoms with E-state index in [2.05, 4.69) is 10.4 Å². The maximum absolute atomic E-state index is 12.9. The molecule has 2 atom stereocenters. The van der Waals surface area contributed by atoms with Gasteiger partial charge in [0.1, 0.15) is 5.82 Å². The van der Waals surface area contributed by atoms with Gasteiger partial charge in [0.25, 0.3) is 0 Å². The Labute approximate surface area is 127 Å². The molecule has 0 aliphatic heterocycles. The van der Waals surface area contributed by atoms with E-state index >= 15 is 0 Å². The van der Waals surface area contributed by atoms with E-state index in [0.29, 0.717) is 11.1 Å². The number of aryl methyl sites for hydroxylation is 1. The standard InChI is InChI=1S/C15H19FN4O2/c1-20-9-11(7-19-20)14(21)8-18-15(22)13(6-17)10-2-4-12(16)5-3-10/h2-5,7,9,13-14,21H,6,8,17H2,1H3,(H,18,22). The van der Waals surface area contributed by atoms with Crippen molar-refractivity contribution in [2.75, 3.05) is 13.1 Å². The van der Waals surface area contributed by atoms with Crippen molar-refractivity contribution in [3.05, 3.63) is 53.6 Å². The maximum Gasteiger partial charge on any atom is 0.228 e. The van der Waals surface area contributed by atoms with Crippen LogP contribution in [0.1, 0.15) is 23.1 Å². The predicted octanol–water partition coefficient (Wildman–Crippen LogP) is 0.451. The summed E-state index contributed by atoms with van der Waals surface area (Å²) >= 11 is 0. The van der Waals surface area contributed by atoms with Gasteiger partial charge in [0.05, 0.1) is 18.2 Å². The van der Waals surface area contributed by atoms with Crippen LogP contribution in [0.4, 0.5) is 4.39 Å². The van der Waals surface area contributed by atoms with Crippen molar-refractivity contribution < 1.29 is 14.3 Å². The Morgan fingerprint density at radius 2 is 2.09 bits per heavy atom. The van der Waals surface area contributed by atoms with Crippen molar-refractivity contribution in [3.63, 3.8) is 0 Å². The monoisotopic (exact) mass is 306 g/mol. The van der Waals surface area contributed by atoms with Crippen molar-refractivity contribution in [1.29, 1.82) is 0 Å². The highest BCUT2D eigenvalue weighted by molar-refractivity contribution is 5.83. The number of benzene rings is 1. The molecule has 2 rings (SSSR count). The summed E-state index contributed by atoms with van der Waals surface area (Å²) in [5.41, 5.74) is 6.89. The molecule has 0 fully saturated rings. The van der Waals surface area contributed by atoms with Crippen molar-refractivity contribution in [2.24, 2.45) is 12.8 Å². The van der Waals surface area contributed by atoms with Crippen LogP contribution in [0.3, 0.4) is 0 Å². The summed E-state index contributed by atoms with van der Waals surface area (Å²) in [6.07, 6.45) is 2.37. The number of aliphatic hydroxyl groups excluding tert-OH is 1. The summed E-state index contributed by atoms with van der Waals surface area (Å²) in [4.78, 5) is 12.2. The van der Waals surface area contributed by atoms with E-state index in [1.165, 1.54) is 30.5 Å². The predicted molar refractivity (Wildman–Crippen MR) is 79.4 cm³/mol. The molecule has 2 unspecified atom stereocenters. The molecule has 118 valence electrons. The SMILES string of the molecule is Cn1cc(C(O)CNC(=O)C(CN)c2ccc(F)cc2)cn1. The van der Waals surface area contributed by atoms with Crippen LogP contribution in [0.15, 0.2) is 36.7 Å². The van der Waals surface area contributed by atoms with Crippen LogP contribution >= 0.6 is 0 Å². The number of halogens is 1. The maximum atomic E-state index is 12.9. The van der Waals surface area contributed by atoms with Crippen molar-refractivity contribution in [1.82, 2.24) is 15.1 Å². The van der Waals surface area contributed by atoms with E-state index in [1.807, 2.05) is 0 Å². The molecule has 1 amide bonds. The highest BCUT2D eigenvalue weighted by Crippen LogP contribution is 2.16. The van der Waals surface area contributed by atoms with Gasteiger partial charge in [-0.25, -0.2) is 4.39 Å². The van der Waals surface area contributed by atoms with Gasteiger partial charge in [-0.3, -0.25) is 9.48 Å². The first-order valence-corrected chi connectivity index (χ1v) is 6.91. The smallest absolute Gasteiger partial charge is 0.228 e. The number of hydrogen-bond acceptors (Lipinski definition) is 4. The second kappa shape index (κ2) is 7.15. The zero-order valence-electron chi connectivity index (χ0n) is 12.2. The van der Waals surface area contributed by atoms with E-state index in [0.717, 1.165) is 0 Å². The van der Waals surface area contributed by atoms with Crippen LogP contribution in [0.25, 0.3) is 0 Å². The van der Waals surface area contributed by atoms with E-state index in [-0.39, 0.29) is 24.8 Å². The van der Waals surface area contributed by atoms with Gasteiger partial charge in [0.15, 0.2) is 0 Å². The number of aliphatic hydroxyl groups is 1. The highest BCUT2D eigenvalue weighted by atomic mass is 19.1. The van der Waals surface area contributed by atoms with Gasteiger partial charge < -0.3 is 16.2 Å². The summed E-state index contributed by atoms with van der Waals surface area (Å²) in [7, 11) is 1.74. The Kier molecular flexibility index (Phi) is 5.24. The Bertz CT molecular complexity index is 627. The first-order chi connectivity index (χ1) is 10.5. The second-order valence-corrected chi connectivity index (χ2v) is 5.05. The lowest BCUT2D eigenvalue weighted by atomic mass is 9.98. The average Bonchev–Trinajstić information content (AvgIpc) is 2.94. The summed E-state index contributed by atoms with van der Waals surface area (Å²) in [6.45, 7) is 0.155. The molecule has 1 aromatic carbocycles. The first-order valence-electron chi connectivity index (χ1n) is 6.91. The molecule has 0 bridgehead atoms. The molecular weight excluding hydrogens is 287 g/mol. The molecule has 22 heavy (non-hydrogen) atoms. The number of hydrogen-bond donors (Lipinski definition) is 3. The van der Waals surface area contributed by atoms with Crippen molar-refractivity contribution >= 4 is 5.91 Å². The number of nitrogens with one attached hydrogen (secondary N) is 1. The molecule has 0 aliphatic carbocycles. The fourth-order valence-electron chi connectivity index (χ4n) is 2.14. The Morgan fingerprint density at radius 1 is 1.41 bits per heavy atom. The minimum absolute atomic E-state index is 0.0578. The lowest BCUT2D eigenvalue weighted by Gasteiger charge is -2.17. The van der Waals surface area contributed by atoms with Crippen LogP contribution in [0, 0.1) is 5.82 Å². The molecule has 4 N–H and O–H groups in total. The minimum atomic E-state index is -0.843. The van der Waals surface area contributed by atoms with E-state index < -0.39 is 12.0 Å². The molecule has 2 aromatic rings. The zero-order valence-corrected chi connectivity index (χ0v) is 12.2. The van der Waals surface area contributed by atoms with E-state index in [9.17, 15) is 14.3 Å². The molecule has 1 aromatic heterocycles. The van der Waals surface area contributed by atoms with E-state index in [4.69, 9.17) is 5.73 Å². The van der Waals surface area contributed by atoms with Crippen molar-refractivity contribution in [3.8, 4) is 0 Å². The number of nitrogens with zero attached hydrogens (tertiary/aromatic N) is 2. The van der Waals surface area contributed by atoms with Crippen molar-refractivity contribution in [2.45, 2.75) is 12.0 Å². The topological polar surface area (TPSA) is 93.2 Å². The van der Waals surface area contributed by atoms with Gasteiger partial charge in [0, 0.05) is 31.9 Å². The largest absolute Gasteiger partial charge is 0.386 e. The van der Waals surface area contributed by atoms with Gasteiger partial charge in [0.2, 0.25) is 5.91 Å². The number of carbonyl (C=O) groups excluding carboxylic acids is 1.